The van der Waals surface area contributed by atoms with Gasteiger partial charge in [0.1, 0.15) is 0 Å². The van der Waals surface area contributed by atoms with E-state index in [-0.39, 0.29) is 11.7 Å². The molecule has 0 aromatic heterocycles. The standard InChI is InChI=1S/C25H26OS/c1-27-23-14-12-22(13-15-23)24-16-17-25(26-24,18-20-8-4-2-5-9-20)19-21-10-6-3-7-11-21/h2-15,24H,16-19H2,1H3. The zero-order chi connectivity index (χ0) is 18.5. The Balaban J connectivity index is 1.58. The van der Waals surface area contributed by atoms with Crippen molar-refractivity contribution >= 4 is 11.8 Å². The molecule has 138 valence electrons. The third-order valence-electron chi connectivity index (χ3n) is 5.48. The third kappa shape index (κ3) is 4.45. The van der Waals surface area contributed by atoms with Gasteiger partial charge in [-0.05, 0) is 47.9 Å². The van der Waals surface area contributed by atoms with Crippen LogP contribution in [0.2, 0.25) is 0 Å². The van der Waals surface area contributed by atoms with Crippen LogP contribution < -0.4 is 0 Å². The van der Waals surface area contributed by atoms with Gasteiger partial charge in [-0.15, -0.1) is 11.8 Å². The van der Waals surface area contributed by atoms with Crippen LogP contribution in [0.1, 0.15) is 35.6 Å². The van der Waals surface area contributed by atoms with Crippen LogP contribution in [-0.2, 0) is 17.6 Å². The molecule has 0 bridgehead atoms. The molecule has 0 radical (unpaired) electrons. The van der Waals surface area contributed by atoms with Crippen molar-refractivity contribution in [2.24, 2.45) is 0 Å². The summed E-state index contributed by atoms with van der Waals surface area (Å²) in [5, 5.41) is 0. The van der Waals surface area contributed by atoms with Gasteiger partial charge in [0.25, 0.3) is 0 Å². The predicted octanol–water partition coefficient (Wildman–Crippen LogP) is 6.48. The molecule has 0 amide bonds. The lowest BCUT2D eigenvalue weighted by Crippen LogP contribution is -2.33. The molecule has 1 nitrogen and oxygen atoms in total. The summed E-state index contributed by atoms with van der Waals surface area (Å²) < 4.78 is 6.81. The third-order valence-corrected chi connectivity index (χ3v) is 6.22. The average Bonchev–Trinajstić information content (AvgIpc) is 3.13. The van der Waals surface area contributed by atoms with Crippen molar-refractivity contribution in [1.82, 2.24) is 0 Å². The highest BCUT2D eigenvalue weighted by Gasteiger charge is 2.40. The van der Waals surface area contributed by atoms with Crippen LogP contribution in [0, 0.1) is 0 Å². The van der Waals surface area contributed by atoms with E-state index in [1.165, 1.54) is 21.6 Å². The van der Waals surface area contributed by atoms with Crippen LogP contribution >= 0.6 is 11.8 Å². The molecule has 1 saturated heterocycles. The van der Waals surface area contributed by atoms with E-state index in [9.17, 15) is 0 Å². The molecule has 1 atom stereocenters. The van der Waals surface area contributed by atoms with E-state index in [1.807, 2.05) is 0 Å². The highest BCUT2D eigenvalue weighted by Crippen LogP contribution is 2.43. The summed E-state index contributed by atoms with van der Waals surface area (Å²) in [5.74, 6) is 0. The van der Waals surface area contributed by atoms with E-state index in [0.717, 1.165) is 25.7 Å². The van der Waals surface area contributed by atoms with Gasteiger partial charge < -0.3 is 4.74 Å². The number of ether oxygens (including phenoxy) is 1. The van der Waals surface area contributed by atoms with Gasteiger partial charge in [0.15, 0.2) is 0 Å². The first kappa shape index (κ1) is 18.3. The maximum absolute atomic E-state index is 6.81. The first-order valence-electron chi connectivity index (χ1n) is 9.66. The highest BCUT2D eigenvalue weighted by molar-refractivity contribution is 7.98. The molecule has 0 aliphatic carbocycles. The first-order chi connectivity index (χ1) is 13.3. The second kappa shape index (κ2) is 8.33. The van der Waals surface area contributed by atoms with Gasteiger partial charge in [0.05, 0.1) is 11.7 Å². The van der Waals surface area contributed by atoms with Crippen LogP contribution in [-0.4, -0.2) is 11.9 Å². The minimum atomic E-state index is -0.133. The van der Waals surface area contributed by atoms with Gasteiger partial charge in [-0.2, -0.15) is 0 Å². The summed E-state index contributed by atoms with van der Waals surface area (Å²) in [5.41, 5.74) is 3.88. The smallest absolute Gasteiger partial charge is 0.0833 e. The molecule has 1 heterocycles. The Labute approximate surface area is 166 Å². The summed E-state index contributed by atoms with van der Waals surface area (Å²) in [6, 6.07) is 30.4. The van der Waals surface area contributed by atoms with E-state index >= 15 is 0 Å². The molecule has 0 saturated carbocycles. The Bertz CT molecular complexity index is 801. The lowest BCUT2D eigenvalue weighted by atomic mass is 9.85. The van der Waals surface area contributed by atoms with Crippen molar-refractivity contribution in [3.05, 3.63) is 102 Å². The maximum Gasteiger partial charge on any atom is 0.0833 e. The molecule has 1 unspecified atom stereocenters. The molecule has 0 N–H and O–H groups in total. The van der Waals surface area contributed by atoms with Gasteiger partial charge in [-0.1, -0.05) is 72.8 Å². The molecule has 27 heavy (non-hydrogen) atoms. The van der Waals surface area contributed by atoms with Crippen molar-refractivity contribution in [2.75, 3.05) is 6.26 Å². The summed E-state index contributed by atoms with van der Waals surface area (Å²) in [4.78, 5) is 1.30. The normalized spacial score (nSPS) is 18.5. The first-order valence-corrected chi connectivity index (χ1v) is 10.9. The van der Waals surface area contributed by atoms with E-state index in [1.54, 1.807) is 11.8 Å². The van der Waals surface area contributed by atoms with Crippen molar-refractivity contribution in [3.8, 4) is 0 Å². The van der Waals surface area contributed by atoms with E-state index in [2.05, 4.69) is 91.2 Å². The monoisotopic (exact) mass is 374 g/mol. The minimum Gasteiger partial charge on any atom is -0.366 e. The SMILES string of the molecule is CSc1ccc(C2CCC(Cc3ccccc3)(Cc3ccccc3)O2)cc1. The molecule has 1 aliphatic rings. The maximum atomic E-state index is 6.81. The van der Waals surface area contributed by atoms with Crippen LogP contribution in [0.25, 0.3) is 0 Å². The zero-order valence-corrected chi connectivity index (χ0v) is 16.6. The number of hydrogen-bond donors (Lipinski definition) is 0. The van der Waals surface area contributed by atoms with E-state index in [0.29, 0.717) is 0 Å². The molecular weight excluding hydrogens is 348 g/mol. The number of benzene rings is 3. The topological polar surface area (TPSA) is 9.23 Å². The lowest BCUT2D eigenvalue weighted by Gasteiger charge is -2.30. The second-order valence-electron chi connectivity index (χ2n) is 7.43. The van der Waals surface area contributed by atoms with Crippen LogP contribution in [0.15, 0.2) is 89.8 Å². The molecule has 2 heteroatoms. The fourth-order valence-electron chi connectivity index (χ4n) is 4.13. The quantitative estimate of drug-likeness (QED) is 0.456. The second-order valence-corrected chi connectivity index (χ2v) is 8.31. The summed E-state index contributed by atoms with van der Waals surface area (Å²) in [7, 11) is 0. The van der Waals surface area contributed by atoms with Gasteiger partial charge in [-0.3, -0.25) is 0 Å². The van der Waals surface area contributed by atoms with E-state index < -0.39 is 0 Å². The van der Waals surface area contributed by atoms with Gasteiger partial charge in [0.2, 0.25) is 0 Å². The Morgan fingerprint density at radius 2 is 1.37 bits per heavy atom. The van der Waals surface area contributed by atoms with Crippen LogP contribution in [0.4, 0.5) is 0 Å². The van der Waals surface area contributed by atoms with Gasteiger partial charge in [0, 0.05) is 17.7 Å². The molecule has 0 spiro atoms. The van der Waals surface area contributed by atoms with E-state index in [4.69, 9.17) is 4.74 Å². The largest absolute Gasteiger partial charge is 0.366 e. The van der Waals surface area contributed by atoms with Crippen LogP contribution in [0.3, 0.4) is 0 Å². The predicted molar refractivity (Wildman–Crippen MR) is 114 cm³/mol. The molecule has 3 aromatic rings. The van der Waals surface area contributed by atoms with Crippen molar-refractivity contribution in [1.29, 1.82) is 0 Å². The summed E-state index contributed by atoms with van der Waals surface area (Å²) in [6.07, 6.45) is 6.40. The highest BCUT2D eigenvalue weighted by atomic mass is 32.2. The van der Waals surface area contributed by atoms with Crippen LogP contribution in [0.5, 0.6) is 0 Å². The minimum absolute atomic E-state index is 0.133. The molecule has 1 fully saturated rings. The average molecular weight is 375 g/mol. The number of rotatable bonds is 6. The van der Waals surface area contributed by atoms with Gasteiger partial charge >= 0.3 is 0 Å². The van der Waals surface area contributed by atoms with Crippen molar-refractivity contribution in [3.63, 3.8) is 0 Å². The Hall–Kier alpha value is -2.03. The van der Waals surface area contributed by atoms with Crippen molar-refractivity contribution in [2.45, 2.75) is 42.3 Å². The lowest BCUT2D eigenvalue weighted by molar-refractivity contribution is -0.0419. The Morgan fingerprint density at radius 3 is 1.89 bits per heavy atom. The van der Waals surface area contributed by atoms with Gasteiger partial charge in [-0.25, -0.2) is 0 Å². The molecule has 1 aliphatic heterocycles. The Kier molecular flexibility index (Phi) is 5.66. The van der Waals surface area contributed by atoms with Crippen molar-refractivity contribution < 1.29 is 4.74 Å². The number of hydrogen-bond acceptors (Lipinski definition) is 2. The molecular formula is C25H26OS. The Morgan fingerprint density at radius 1 is 0.815 bits per heavy atom. The fraction of sp³-hybridized carbons (Fsp3) is 0.280. The molecule has 3 aromatic carbocycles. The fourth-order valence-corrected chi connectivity index (χ4v) is 4.53. The number of thioether (sulfide) groups is 1. The molecule has 4 rings (SSSR count). The zero-order valence-electron chi connectivity index (χ0n) is 15.8. The summed E-state index contributed by atoms with van der Waals surface area (Å²) >= 11 is 1.78. The summed E-state index contributed by atoms with van der Waals surface area (Å²) in [6.45, 7) is 0.